The summed E-state index contributed by atoms with van der Waals surface area (Å²) in [6.45, 7) is 2.04. The zero-order valence-electron chi connectivity index (χ0n) is 11.2. The number of nitrogens with zero attached hydrogens (tertiary/aromatic N) is 2. The second kappa shape index (κ2) is 5.06. The molecule has 0 radical (unpaired) electrons. The number of fused-ring (bicyclic) bond motifs is 1. The lowest BCUT2D eigenvalue weighted by Gasteiger charge is -2.04. The van der Waals surface area contributed by atoms with Crippen molar-refractivity contribution in [2.45, 2.75) is 13.3 Å². The monoisotopic (exact) mass is 281 g/mol. The van der Waals surface area contributed by atoms with Gasteiger partial charge in [-0.2, -0.15) is 0 Å². The first-order valence-corrected chi connectivity index (χ1v) is 6.87. The molecule has 4 heteroatoms. The Bertz CT molecular complexity index is 775. The summed E-state index contributed by atoms with van der Waals surface area (Å²) in [6.07, 6.45) is 2.75. The second-order valence-corrected chi connectivity index (χ2v) is 5.31. The average molecular weight is 281 g/mol. The molecule has 0 aliphatic rings. The van der Waals surface area contributed by atoms with Gasteiger partial charge in [-0.3, -0.25) is 4.40 Å². The van der Waals surface area contributed by atoms with Crippen molar-refractivity contribution < 1.29 is 0 Å². The number of benzene rings is 1. The molecule has 3 nitrogen and oxygen atoms in total. The van der Waals surface area contributed by atoms with Crippen LogP contribution in [0.4, 0.5) is 0 Å². The molecule has 0 bridgehead atoms. The van der Waals surface area contributed by atoms with Crippen molar-refractivity contribution in [3.8, 4) is 0 Å². The summed E-state index contributed by atoms with van der Waals surface area (Å²) < 4.78 is 1.98. The molecule has 0 aliphatic heterocycles. The molecule has 2 heterocycles. The van der Waals surface area contributed by atoms with Gasteiger partial charge in [0.25, 0.3) is 0 Å². The van der Waals surface area contributed by atoms with Crippen LogP contribution in [0.1, 0.15) is 22.5 Å². The van der Waals surface area contributed by atoms with Crippen LogP contribution in [0.5, 0.6) is 0 Å². The SMILES string of the molecule is Cc1ccc2nc(Cc3ccccc3)c(C(N)=S)n2c1. The quantitative estimate of drug-likeness (QED) is 0.751. The van der Waals surface area contributed by atoms with Crippen molar-refractivity contribution in [1.82, 2.24) is 9.38 Å². The number of hydrogen-bond acceptors (Lipinski definition) is 2. The van der Waals surface area contributed by atoms with E-state index in [0.717, 1.165) is 29.0 Å². The van der Waals surface area contributed by atoms with Crippen LogP contribution in [0, 0.1) is 6.92 Å². The molecular formula is C16H15N3S. The average Bonchev–Trinajstić information content (AvgIpc) is 2.77. The molecule has 3 rings (SSSR count). The number of aryl methyl sites for hydroxylation is 1. The van der Waals surface area contributed by atoms with Gasteiger partial charge in [-0.1, -0.05) is 48.6 Å². The molecule has 0 aliphatic carbocycles. The Morgan fingerprint density at radius 1 is 1.20 bits per heavy atom. The van der Waals surface area contributed by atoms with Crippen molar-refractivity contribution in [2.24, 2.45) is 5.73 Å². The lowest BCUT2D eigenvalue weighted by atomic mass is 10.1. The minimum Gasteiger partial charge on any atom is -0.388 e. The van der Waals surface area contributed by atoms with Crippen LogP contribution in [0.25, 0.3) is 5.65 Å². The molecule has 0 atom stereocenters. The summed E-state index contributed by atoms with van der Waals surface area (Å²) >= 11 is 5.21. The van der Waals surface area contributed by atoms with E-state index in [0.29, 0.717) is 4.99 Å². The highest BCUT2D eigenvalue weighted by atomic mass is 32.1. The minimum absolute atomic E-state index is 0.383. The molecule has 20 heavy (non-hydrogen) atoms. The zero-order chi connectivity index (χ0) is 14.1. The largest absolute Gasteiger partial charge is 0.388 e. The van der Waals surface area contributed by atoms with Gasteiger partial charge in [-0.15, -0.1) is 0 Å². The summed E-state index contributed by atoms with van der Waals surface area (Å²) in [5.74, 6) is 0. The maximum Gasteiger partial charge on any atom is 0.137 e. The number of imidazole rings is 1. The fourth-order valence-electron chi connectivity index (χ4n) is 2.37. The third-order valence-electron chi connectivity index (χ3n) is 3.29. The molecule has 0 saturated heterocycles. The Kier molecular flexibility index (Phi) is 3.24. The Morgan fingerprint density at radius 3 is 2.65 bits per heavy atom. The number of thiocarbonyl (C=S) groups is 1. The van der Waals surface area contributed by atoms with Crippen molar-refractivity contribution in [3.05, 3.63) is 71.2 Å². The Morgan fingerprint density at radius 2 is 1.95 bits per heavy atom. The van der Waals surface area contributed by atoms with Gasteiger partial charge in [0.1, 0.15) is 16.3 Å². The van der Waals surface area contributed by atoms with Gasteiger partial charge >= 0.3 is 0 Å². The molecule has 0 unspecified atom stereocenters. The van der Waals surface area contributed by atoms with Gasteiger partial charge in [-0.05, 0) is 24.1 Å². The lowest BCUT2D eigenvalue weighted by Crippen LogP contribution is -2.15. The summed E-state index contributed by atoms with van der Waals surface area (Å²) in [6, 6.07) is 14.2. The first kappa shape index (κ1) is 12.8. The van der Waals surface area contributed by atoms with Crippen LogP contribution in [0.15, 0.2) is 48.7 Å². The molecule has 0 amide bonds. The molecule has 0 saturated carbocycles. The van der Waals surface area contributed by atoms with Crippen LogP contribution in [-0.4, -0.2) is 14.4 Å². The van der Waals surface area contributed by atoms with Crippen molar-refractivity contribution in [3.63, 3.8) is 0 Å². The summed E-state index contributed by atoms with van der Waals surface area (Å²) in [5.41, 5.74) is 10.9. The van der Waals surface area contributed by atoms with Crippen LogP contribution < -0.4 is 5.73 Å². The van der Waals surface area contributed by atoms with Crippen molar-refractivity contribution >= 4 is 22.9 Å². The minimum atomic E-state index is 0.383. The number of rotatable bonds is 3. The van der Waals surface area contributed by atoms with Crippen molar-refractivity contribution in [1.29, 1.82) is 0 Å². The van der Waals surface area contributed by atoms with Gasteiger partial charge < -0.3 is 5.73 Å². The lowest BCUT2D eigenvalue weighted by molar-refractivity contribution is 1.09. The predicted octanol–water partition coefficient (Wildman–Crippen LogP) is 2.87. The first-order chi connectivity index (χ1) is 9.65. The zero-order valence-corrected chi connectivity index (χ0v) is 12.0. The topological polar surface area (TPSA) is 43.3 Å². The Balaban J connectivity index is 2.15. The summed E-state index contributed by atoms with van der Waals surface area (Å²) in [4.78, 5) is 5.05. The van der Waals surface area contributed by atoms with E-state index in [4.69, 9.17) is 18.0 Å². The standard InChI is InChI=1S/C16H15N3S/c1-11-7-8-14-18-13(9-12-5-3-2-4-6-12)15(16(17)20)19(14)10-11/h2-8,10H,9H2,1H3,(H2,17,20). The van der Waals surface area contributed by atoms with Gasteiger partial charge in [0.15, 0.2) is 0 Å². The van der Waals surface area contributed by atoms with E-state index in [9.17, 15) is 0 Å². The Hall–Kier alpha value is -2.20. The van der Waals surface area contributed by atoms with E-state index < -0.39 is 0 Å². The summed E-state index contributed by atoms with van der Waals surface area (Å²) in [5, 5.41) is 0. The molecule has 100 valence electrons. The highest BCUT2D eigenvalue weighted by molar-refractivity contribution is 7.80. The molecule has 3 aromatic rings. The third-order valence-corrected chi connectivity index (χ3v) is 3.48. The van der Waals surface area contributed by atoms with E-state index in [1.165, 1.54) is 5.56 Å². The van der Waals surface area contributed by atoms with Gasteiger partial charge in [-0.25, -0.2) is 4.98 Å². The second-order valence-electron chi connectivity index (χ2n) is 4.87. The molecular weight excluding hydrogens is 266 g/mol. The van der Waals surface area contributed by atoms with Crippen molar-refractivity contribution in [2.75, 3.05) is 0 Å². The van der Waals surface area contributed by atoms with E-state index in [1.807, 2.05) is 47.9 Å². The molecule has 2 N–H and O–H groups in total. The van der Waals surface area contributed by atoms with E-state index in [2.05, 4.69) is 17.1 Å². The van der Waals surface area contributed by atoms with Crippen LogP contribution in [0.2, 0.25) is 0 Å². The Labute approximate surface area is 123 Å². The highest BCUT2D eigenvalue weighted by Gasteiger charge is 2.14. The van der Waals surface area contributed by atoms with Gasteiger partial charge in [0, 0.05) is 12.6 Å². The van der Waals surface area contributed by atoms with Gasteiger partial charge in [0.2, 0.25) is 0 Å². The molecule has 2 aromatic heterocycles. The van der Waals surface area contributed by atoms with Crippen LogP contribution >= 0.6 is 12.2 Å². The van der Waals surface area contributed by atoms with Crippen LogP contribution in [0.3, 0.4) is 0 Å². The normalized spacial score (nSPS) is 10.8. The summed E-state index contributed by atoms with van der Waals surface area (Å²) in [7, 11) is 0. The molecule has 0 spiro atoms. The highest BCUT2D eigenvalue weighted by Crippen LogP contribution is 2.17. The number of pyridine rings is 1. The smallest absolute Gasteiger partial charge is 0.137 e. The van der Waals surface area contributed by atoms with E-state index in [1.54, 1.807) is 0 Å². The number of nitrogens with two attached hydrogens (primary N) is 1. The van der Waals surface area contributed by atoms with E-state index in [-0.39, 0.29) is 0 Å². The predicted molar refractivity (Wildman–Crippen MR) is 85.1 cm³/mol. The number of hydrogen-bond donors (Lipinski definition) is 1. The number of aromatic nitrogens is 2. The van der Waals surface area contributed by atoms with E-state index >= 15 is 0 Å². The first-order valence-electron chi connectivity index (χ1n) is 6.46. The fourth-order valence-corrected chi connectivity index (χ4v) is 2.59. The third kappa shape index (κ3) is 2.30. The maximum absolute atomic E-state index is 5.90. The molecule has 1 aromatic carbocycles. The van der Waals surface area contributed by atoms with Crippen LogP contribution in [-0.2, 0) is 6.42 Å². The van der Waals surface area contributed by atoms with Gasteiger partial charge in [0.05, 0.1) is 5.69 Å². The maximum atomic E-state index is 5.90. The fraction of sp³-hybridized carbons (Fsp3) is 0.125. The molecule has 0 fully saturated rings.